The van der Waals surface area contributed by atoms with Crippen LogP contribution in [-0.4, -0.2) is 35.1 Å². The van der Waals surface area contributed by atoms with Crippen molar-refractivity contribution in [1.29, 1.82) is 0 Å². The van der Waals surface area contributed by atoms with Gasteiger partial charge in [0.05, 0.1) is 18.8 Å². The Kier molecular flexibility index (Phi) is 5.49. The molecule has 1 amide bonds. The van der Waals surface area contributed by atoms with Crippen LogP contribution in [0.1, 0.15) is 23.3 Å². The molecule has 0 spiro atoms. The number of thiophene rings is 1. The number of ether oxygens (including phenoxy) is 1. The first-order valence-electron chi connectivity index (χ1n) is 7.22. The fourth-order valence-electron chi connectivity index (χ4n) is 2.16. The van der Waals surface area contributed by atoms with Gasteiger partial charge >= 0.3 is 5.97 Å². The highest BCUT2D eigenvalue weighted by atomic mass is 32.1. The summed E-state index contributed by atoms with van der Waals surface area (Å²) in [7, 11) is 1.32. The molecule has 0 bridgehead atoms. The van der Waals surface area contributed by atoms with Crippen molar-refractivity contribution in [2.75, 3.05) is 13.7 Å². The van der Waals surface area contributed by atoms with Gasteiger partial charge in [-0.15, -0.1) is 11.3 Å². The Bertz CT molecular complexity index is 794. The van der Waals surface area contributed by atoms with Gasteiger partial charge in [0.25, 0.3) is 5.56 Å². The van der Waals surface area contributed by atoms with Crippen molar-refractivity contribution in [3.8, 4) is 0 Å². The van der Waals surface area contributed by atoms with Crippen molar-refractivity contribution in [3.05, 3.63) is 27.1 Å². The molecule has 124 valence electrons. The van der Waals surface area contributed by atoms with E-state index in [2.05, 4.69) is 15.0 Å². The number of aryl methyl sites for hydroxylation is 2. The third-order valence-electron chi connectivity index (χ3n) is 3.58. The van der Waals surface area contributed by atoms with E-state index in [0.717, 1.165) is 10.4 Å². The molecule has 0 aliphatic heterocycles. The molecule has 0 saturated heterocycles. The van der Waals surface area contributed by atoms with Gasteiger partial charge in [0.15, 0.2) is 0 Å². The van der Waals surface area contributed by atoms with Gasteiger partial charge in [-0.3, -0.25) is 19.0 Å². The molecule has 0 unspecified atom stereocenters. The van der Waals surface area contributed by atoms with Gasteiger partial charge in [0, 0.05) is 17.8 Å². The Morgan fingerprint density at radius 3 is 2.83 bits per heavy atom. The molecule has 7 nitrogen and oxygen atoms in total. The molecule has 0 atom stereocenters. The van der Waals surface area contributed by atoms with Crippen molar-refractivity contribution >= 4 is 33.4 Å². The lowest BCUT2D eigenvalue weighted by molar-refractivity contribution is -0.140. The van der Waals surface area contributed by atoms with Crippen LogP contribution in [0.5, 0.6) is 0 Å². The second kappa shape index (κ2) is 7.36. The van der Waals surface area contributed by atoms with Crippen LogP contribution in [0.25, 0.3) is 10.2 Å². The van der Waals surface area contributed by atoms with Gasteiger partial charge < -0.3 is 10.1 Å². The number of carbonyl (C=O) groups is 2. The predicted molar refractivity (Wildman–Crippen MR) is 87.6 cm³/mol. The summed E-state index contributed by atoms with van der Waals surface area (Å²) >= 11 is 1.47. The van der Waals surface area contributed by atoms with E-state index in [9.17, 15) is 14.4 Å². The maximum atomic E-state index is 12.4. The molecule has 0 aliphatic carbocycles. The minimum atomic E-state index is -0.312. The molecule has 0 saturated carbocycles. The van der Waals surface area contributed by atoms with E-state index >= 15 is 0 Å². The second-order valence-electron chi connectivity index (χ2n) is 5.17. The minimum Gasteiger partial charge on any atom is -0.469 e. The number of methoxy groups -OCH3 is 1. The van der Waals surface area contributed by atoms with E-state index in [1.807, 2.05) is 13.8 Å². The van der Waals surface area contributed by atoms with Crippen LogP contribution in [0, 0.1) is 13.8 Å². The highest BCUT2D eigenvalue weighted by Gasteiger charge is 2.13. The zero-order chi connectivity index (χ0) is 17.0. The van der Waals surface area contributed by atoms with E-state index in [1.165, 1.54) is 29.3 Å². The molecule has 0 radical (unpaired) electrons. The third kappa shape index (κ3) is 3.95. The summed E-state index contributed by atoms with van der Waals surface area (Å²) in [4.78, 5) is 41.3. The van der Waals surface area contributed by atoms with Gasteiger partial charge in [-0.1, -0.05) is 0 Å². The van der Waals surface area contributed by atoms with E-state index in [0.29, 0.717) is 23.2 Å². The summed E-state index contributed by atoms with van der Waals surface area (Å²) in [5.74, 6) is -0.601. The lowest BCUT2D eigenvalue weighted by Gasteiger charge is -2.07. The van der Waals surface area contributed by atoms with Crippen molar-refractivity contribution in [2.24, 2.45) is 0 Å². The zero-order valence-corrected chi connectivity index (χ0v) is 14.2. The minimum absolute atomic E-state index is 0.0890. The molecule has 2 aromatic heterocycles. The molecule has 8 heteroatoms. The predicted octanol–water partition coefficient (Wildman–Crippen LogP) is 1.14. The standard InChI is InChI=1S/C15H19N3O4S/c1-9-10(2)23-14-13(9)15(21)18(8-17-14)7-11(19)16-6-4-5-12(20)22-3/h8H,4-7H2,1-3H3,(H,16,19). The Morgan fingerprint density at radius 2 is 2.13 bits per heavy atom. The molecule has 23 heavy (non-hydrogen) atoms. The number of hydrogen-bond acceptors (Lipinski definition) is 6. The number of fused-ring (bicyclic) bond motifs is 1. The van der Waals surface area contributed by atoms with Crippen LogP contribution < -0.4 is 10.9 Å². The van der Waals surface area contributed by atoms with E-state index in [4.69, 9.17) is 0 Å². The van der Waals surface area contributed by atoms with Crippen LogP contribution >= 0.6 is 11.3 Å². The smallest absolute Gasteiger partial charge is 0.305 e. The Balaban J connectivity index is 2.00. The Labute approximate surface area is 137 Å². The second-order valence-corrected chi connectivity index (χ2v) is 6.37. The summed E-state index contributed by atoms with van der Waals surface area (Å²) in [6, 6.07) is 0. The quantitative estimate of drug-likeness (QED) is 0.631. The van der Waals surface area contributed by atoms with Crippen LogP contribution in [0.15, 0.2) is 11.1 Å². The number of nitrogens with one attached hydrogen (secondary N) is 1. The number of esters is 1. The maximum Gasteiger partial charge on any atom is 0.305 e. The van der Waals surface area contributed by atoms with Crippen LogP contribution in [0.2, 0.25) is 0 Å². The summed E-state index contributed by atoms with van der Waals surface area (Å²) in [6.45, 7) is 4.09. The van der Waals surface area contributed by atoms with Gasteiger partial charge in [0.2, 0.25) is 5.91 Å². The number of hydrogen-bond donors (Lipinski definition) is 1. The number of carbonyl (C=O) groups excluding carboxylic acids is 2. The molecular weight excluding hydrogens is 318 g/mol. The van der Waals surface area contributed by atoms with Gasteiger partial charge in [-0.05, 0) is 25.8 Å². The van der Waals surface area contributed by atoms with Crippen molar-refractivity contribution in [2.45, 2.75) is 33.2 Å². The maximum absolute atomic E-state index is 12.4. The first-order chi connectivity index (χ1) is 10.9. The summed E-state index contributed by atoms with van der Waals surface area (Å²) in [5.41, 5.74) is 0.705. The molecule has 0 aliphatic rings. The van der Waals surface area contributed by atoms with Gasteiger partial charge in [0.1, 0.15) is 11.4 Å². The van der Waals surface area contributed by atoms with Crippen molar-refractivity contribution < 1.29 is 14.3 Å². The topological polar surface area (TPSA) is 90.3 Å². The van der Waals surface area contributed by atoms with Crippen LogP contribution in [-0.2, 0) is 20.9 Å². The molecule has 2 aromatic rings. The Hall–Kier alpha value is -2.22. The zero-order valence-electron chi connectivity index (χ0n) is 13.3. The van der Waals surface area contributed by atoms with E-state index in [1.54, 1.807) is 0 Å². The fourth-order valence-corrected chi connectivity index (χ4v) is 3.14. The summed E-state index contributed by atoms with van der Waals surface area (Å²) in [5, 5.41) is 3.25. The normalized spacial score (nSPS) is 10.7. The van der Waals surface area contributed by atoms with Crippen molar-refractivity contribution in [3.63, 3.8) is 0 Å². The van der Waals surface area contributed by atoms with Crippen LogP contribution in [0.4, 0.5) is 0 Å². The number of aromatic nitrogens is 2. The highest BCUT2D eigenvalue weighted by molar-refractivity contribution is 7.18. The molecule has 2 heterocycles. The fraction of sp³-hybridized carbons (Fsp3) is 0.467. The number of nitrogens with zero attached hydrogens (tertiary/aromatic N) is 2. The van der Waals surface area contributed by atoms with E-state index < -0.39 is 0 Å². The first kappa shape index (κ1) is 17.1. The molecule has 2 rings (SSSR count). The summed E-state index contributed by atoms with van der Waals surface area (Å²) < 4.78 is 5.82. The number of amides is 1. The average Bonchev–Trinajstić information content (AvgIpc) is 2.82. The SMILES string of the molecule is COC(=O)CCCNC(=O)Cn1cnc2sc(C)c(C)c2c1=O. The van der Waals surface area contributed by atoms with Gasteiger partial charge in [-0.25, -0.2) is 4.98 Å². The number of rotatable bonds is 6. The largest absolute Gasteiger partial charge is 0.469 e. The summed E-state index contributed by atoms with van der Waals surface area (Å²) in [6.07, 6.45) is 2.14. The van der Waals surface area contributed by atoms with Crippen molar-refractivity contribution in [1.82, 2.24) is 14.9 Å². The monoisotopic (exact) mass is 337 g/mol. The molecule has 0 aromatic carbocycles. The third-order valence-corrected chi connectivity index (χ3v) is 4.69. The van der Waals surface area contributed by atoms with Crippen LogP contribution in [0.3, 0.4) is 0 Å². The lowest BCUT2D eigenvalue weighted by atomic mass is 10.2. The van der Waals surface area contributed by atoms with Gasteiger partial charge in [-0.2, -0.15) is 0 Å². The lowest BCUT2D eigenvalue weighted by Crippen LogP contribution is -2.33. The highest BCUT2D eigenvalue weighted by Crippen LogP contribution is 2.25. The first-order valence-corrected chi connectivity index (χ1v) is 8.04. The average molecular weight is 337 g/mol. The molecule has 0 fully saturated rings. The van der Waals surface area contributed by atoms with E-state index in [-0.39, 0.29) is 30.4 Å². The Morgan fingerprint density at radius 1 is 1.39 bits per heavy atom. The molecular formula is C15H19N3O4S. The molecule has 1 N–H and O–H groups in total.